The average Bonchev–Trinajstić information content (AvgIpc) is 2.14. The number of aliphatic hydroxyl groups excluding tert-OH is 1. The predicted molar refractivity (Wildman–Crippen MR) is 61.9 cm³/mol. The van der Waals surface area contributed by atoms with E-state index in [4.69, 9.17) is 15.6 Å². The number of nitrogen functional groups attached to an aromatic ring is 1. The van der Waals surface area contributed by atoms with Gasteiger partial charge in [0, 0.05) is 5.69 Å². The Hall–Kier alpha value is -1.55. The van der Waals surface area contributed by atoms with Crippen molar-refractivity contribution < 1.29 is 14.6 Å². The lowest BCUT2D eigenvalue weighted by molar-refractivity contribution is 0.00679. The van der Waals surface area contributed by atoms with Crippen molar-refractivity contribution in [2.24, 2.45) is 0 Å². The fourth-order valence-electron chi connectivity index (χ4n) is 1.33. The van der Waals surface area contributed by atoms with Crippen molar-refractivity contribution >= 4 is 11.7 Å². The summed E-state index contributed by atoms with van der Waals surface area (Å²) in [6, 6.07) is 4.95. The van der Waals surface area contributed by atoms with Crippen molar-refractivity contribution in [3.05, 3.63) is 29.3 Å². The zero-order valence-corrected chi connectivity index (χ0v) is 9.78. The van der Waals surface area contributed by atoms with Crippen LogP contribution < -0.4 is 5.73 Å². The fraction of sp³-hybridized carbons (Fsp3) is 0.417. The Morgan fingerprint density at radius 2 is 2.06 bits per heavy atom. The Bertz CT molecular complexity index is 394. The predicted octanol–water partition coefficient (Wildman–Crippen LogP) is 1.72. The second-order valence-electron chi connectivity index (χ2n) is 4.54. The van der Waals surface area contributed by atoms with E-state index in [9.17, 15) is 4.79 Å². The Balaban J connectivity index is 3.08. The van der Waals surface area contributed by atoms with Crippen LogP contribution in [0.1, 0.15) is 36.7 Å². The van der Waals surface area contributed by atoms with Crippen LogP contribution in [0.5, 0.6) is 0 Å². The van der Waals surface area contributed by atoms with Crippen molar-refractivity contribution in [2.75, 3.05) is 5.73 Å². The summed E-state index contributed by atoms with van der Waals surface area (Å²) in [4.78, 5) is 11.8. The number of hydrogen-bond acceptors (Lipinski definition) is 4. The minimum atomic E-state index is -0.577. The molecule has 1 aromatic carbocycles. The highest BCUT2D eigenvalue weighted by Gasteiger charge is 2.21. The molecule has 0 atom stereocenters. The Labute approximate surface area is 95.0 Å². The van der Waals surface area contributed by atoms with Gasteiger partial charge >= 0.3 is 5.97 Å². The van der Waals surface area contributed by atoms with Gasteiger partial charge in [-0.15, -0.1) is 0 Å². The topological polar surface area (TPSA) is 72.5 Å². The SMILES string of the molecule is CC(C)(C)OC(=O)c1c(N)cccc1CO. The molecule has 0 heterocycles. The highest BCUT2D eigenvalue weighted by Crippen LogP contribution is 2.21. The van der Waals surface area contributed by atoms with Crippen LogP contribution in [-0.2, 0) is 11.3 Å². The van der Waals surface area contributed by atoms with Gasteiger partial charge in [-0.1, -0.05) is 12.1 Å². The summed E-state index contributed by atoms with van der Waals surface area (Å²) in [7, 11) is 0. The number of ether oxygens (including phenoxy) is 1. The third-order valence-corrected chi connectivity index (χ3v) is 1.96. The molecule has 0 radical (unpaired) electrons. The van der Waals surface area contributed by atoms with E-state index < -0.39 is 11.6 Å². The van der Waals surface area contributed by atoms with Crippen LogP contribution in [0.3, 0.4) is 0 Å². The molecule has 16 heavy (non-hydrogen) atoms. The summed E-state index contributed by atoms with van der Waals surface area (Å²) < 4.78 is 5.22. The largest absolute Gasteiger partial charge is 0.456 e. The number of anilines is 1. The third-order valence-electron chi connectivity index (χ3n) is 1.96. The van der Waals surface area contributed by atoms with Crippen LogP contribution in [0.25, 0.3) is 0 Å². The van der Waals surface area contributed by atoms with Gasteiger partial charge in [0.25, 0.3) is 0 Å². The van der Waals surface area contributed by atoms with Gasteiger partial charge in [-0.3, -0.25) is 0 Å². The molecule has 0 aliphatic heterocycles. The molecule has 4 nitrogen and oxygen atoms in total. The first-order chi connectivity index (χ1) is 7.35. The highest BCUT2D eigenvalue weighted by molar-refractivity contribution is 5.96. The lowest BCUT2D eigenvalue weighted by Gasteiger charge is -2.21. The molecule has 0 spiro atoms. The minimum absolute atomic E-state index is 0.236. The maximum atomic E-state index is 11.8. The smallest absolute Gasteiger partial charge is 0.341 e. The lowest BCUT2D eigenvalue weighted by atomic mass is 10.1. The molecule has 0 fully saturated rings. The molecular formula is C12H17NO3. The maximum Gasteiger partial charge on any atom is 0.341 e. The number of nitrogens with two attached hydrogens (primary N) is 1. The average molecular weight is 223 g/mol. The van der Waals surface area contributed by atoms with Gasteiger partial charge in [0.1, 0.15) is 5.60 Å². The molecular weight excluding hydrogens is 206 g/mol. The van der Waals surface area contributed by atoms with Crippen LogP contribution in [0, 0.1) is 0 Å². The molecule has 0 aliphatic carbocycles. The van der Waals surface area contributed by atoms with Gasteiger partial charge in [0.15, 0.2) is 0 Å². The summed E-state index contributed by atoms with van der Waals surface area (Å²) in [5.41, 5.74) is 6.18. The van der Waals surface area contributed by atoms with E-state index in [1.807, 2.05) is 0 Å². The van der Waals surface area contributed by atoms with Crippen LogP contribution in [0.15, 0.2) is 18.2 Å². The summed E-state index contributed by atoms with van der Waals surface area (Å²) >= 11 is 0. The Morgan fingerprint density at radius 3 is 2.56 bits per heavy atom. The van der Waals surface area contributed by atoms with Gasteiger partial charge < -0.3 is 15.6 Å². The number of esters is 1. The van der Waals surface area contributed by atoms with Crippen molar-refractivity contribution in [3.8, 4) is 0 Å². The van der Waals surface area contributed by atoms with Gasteiger partial charge in [0.2, 0.25) is 0 Å². The summed E-state index contributed by atoms with van der Waals surface area (Å²) in [6.45, 7) is 5.10. The number of carbonyl (C=O) groups excluding carboxylic acids is 1. The van der Waals surface area contributed by atoms with Crippen molar-refractivity contribution in [3.63, 3.8) is 0 Å². The van der Waals surface area contributed by atoms with Crippen molar-refractivity contribution in [1.82, 2.24) is 0 Å². The first kappa shape index (κ1) is 12.5. The molecule has 0 saturated carbocycles. The molecule has 4 heteroatoms. The van der Waals surface area contributed by atoms with Crippen LogP contribution in [0.2, 0.25) is 0 Å². The number of carbonyl (C=O) groups is 1. The minimum Gasteiger partial charge on any atom is -0.456 e. The molecule has 3 N–H and O–H groups in total. The zero-order valence-electron chi connectivity index (χ0n) is 9.78. The standard InChI is InChI=1S/C12H17NO3/c1-12(2,3)16-11(15)10-8(7-14)5-4-6-9(10)13/h4-6,14H,7,13H2,1-3H3. The second kappa shape index (κ2) is 4.53. The summed E-state index contributed by atoms with van der Waals surface area (Å²) in [5, 5.41) is 9.13. The van der Waals surface area contributed by atoms with E-state index in [1.165, 1.54) is 0 Å². The van der Waals surface area contributed by atoms with E-state index in [-0.39, 0.29) is 12.2 Å². The van der Waals surface area contributed by atoms with Crippen LogP contribution in [-0.4, -0.2) is 16.7 Å². The van der Waals surface area contributed by atoms with E-state index >= 15 is 0 Å². The highest BCUT2D eigenvalue weighted by atomic mass is 16.6. The zero-order chi connectivity index (χ0) is 12.3. The molecule has 0 aromatic heterocycles. The Kier molecular flexibility index (Phi) is 3.55. The summed E-state index contributed by atoms with van der Waals surface area (Å²) in [6.07, 6.45) is 0. The third kappa shape index (κ3) is 2.97. The monoisotopic (exact) mass is 223 g/mol. The van der Waals surface area contributed by atoms with Gasteiger partial charge in [0.05, 0.1) is 12.2 Å². The number of rotatable bonds is 2. The van der Waals surface area contributed by atoms with Crippen LogP contribution in [0.4, 0.5) is 5.69 Å². The molecule has 0 bridgehead atoms. The van der Waals surface area contributed by atoms with Gasteiger partial charge in [-0.25, -0.2) is 4.79 Å². The normalized spacial score (nSPS) is 11.2. The van der Waals surface area contributed by atoms with Crippen LogP contribution >= 0.6 is 0 Å². The molecule has 0 saturated heterocycles. The summed E-state index contributed by atoms with van der Waals surface area (Å²) in [5.74, 6) is -0.505. The number of aliphatic hydroxyl groups is 1. The Morgan fingerprint density at radius 1 is 1.44 bits per heavy atom. The van der Waals surface area contributed by atoms with E-state index in [0.717, 1.165) is 0 Å². The van der Waals surface area contributed by atoms with Crippen molar-refractivity contribution in [1.29, 1.82) is 0 Å². The van der Waals surface area contributed by atoms with E-state index in [1.54, 1.807) is 39.0 Å². The second-order valence-corrected chi connectivity index (χ2v) is 4.54. The maximum absolute atomic E-state index is 11.8. The quantitative estimate of drug-likeness (QED) is 0.591. The van der Waals surface area contributed by atoms with Gasteiger partial charge in [-0.2, -0.15) is 0 Å². The van der Waals surface area contributed by atoms with Gasteiger partial charge in [-0.05, 0) is 32.4 Å². The lowest BCUT2D eigenvalue weighted by Crippen LogP contribution is -2.25. The molecule has 0 amide bonds. The number of hydrogen-bond donors (Lipinski definition) is 2. The fourth-order valence-corrected chi connectivity index (χ4v) is 1.33. The molecule has 0 aliphatic rings. The molecule has 88 valence electrons. The van der Waals surface area contributed by atoms with E-state index in [2.05, 4.69) is 0 Å². The first-order valence-corrected chi connectivity index (χ1v) is 5.06. The molecule has 0 unspecified atom stereocenters. The van der Waals surface area contributed by atoms with Crippen molar-refractivity contribution in [2.45, 2.75) is 33.0 Å². The first-order valence-electron chi connectivity index (χ1n) is 5.06. The number of benzene rings is 1. The molecule has 1 rings (SSSR count). The molecule has 1 aromatic rings. The van der Waals surface area contributed by atoms with E-state index in [0.29, 0.717) is 11.3 Å².